The highest BCUT2D eigenvalue weighted by Crippen LogP contribution is 2.35. The van der Waals surface area contributed by atoms with Crippen LogP contribution in [0, 0.1) is 12.8 Å². The standard InChI is InChI=1S/C12H16ClNO/c1-8-6-10(13)2-3-11(8)12-9(7-14)4-5-15-12/h2-3,6,9,12H,4-5,7,14H2,1H3. The Balaban J connectivity index is 2.28. The summed E-state index contributed by atoms with van der Waals surface area (Å²) in [5.41, 5.74) is 8.15. The normalized spacial score (nSPS) is 25.8. The van der Waals surface area contributed by atoms with Crippen LogP contribution in [0.15, 0.2) is 18.2 Å². The molecule has 2 unspecified atom stereocenters. The Morgan fingerprint density at radius 1 is 1.53 bits per heavy atom. The molecule has 0 spiro atoms. The van der Waals surface area contributed by atoms with Crippen LogP contribution in [0.2, 0.25) is 5.02 Å². The molecule has 1 aromatic carbocycles. The number of nitrogens with two attached hydrogens (primary N) is 1. The number of hydrogen-bond acceptors (Lipinski definition) is 2. The number of rotatable bonds is 2. The van der Waals surface area contributed by atoms with Crippen LogP contribution in [0.4, 0.5) is 0 Å². The SMILES string of the molecule is Cc1cc(Cl)ccc1C1OCCC1CN. The van der Waals surface area contributed by atoms with Crippen molar-refractivity contribution in [1.82, 2.24) is 0 Å². The lowest BCUT2D eigenvalue weighted by atomic mass is 9.93. The topological polar surface area (TPSA) is 35.2 Å². The summed E-state index contributed by atoms with van der Waals surface area (Å²) >= 11 is 5.93. The summed E-state index contributed by atoms with van der Waals surface area (Å²) in [5.74, 6) is 0.449. The largest absolute Gasteiger partial charge is 0.373 e. The van der Waals surface area contributed by atoms with Gasteiger partial charge in [-0.05, 0) is 43.1 Å². The van der Waals surface area contributed by atoms with Crippen molar-refractivity contribution in [3.8, 4) is 0 Å². The molecule has 1 heterocycles. The zero-order chi connectivity index (χ0) is 10.8. The van der Waals surface area contributed by atoms with E-state index in [2.05, 4.69) is 13.0 Å². The summed E-state index contributed by atoms with van der Waals surface area (Å²) in [6.45, 7) is 3.57. The number of ether oxygens (including phenoxy) is 1. The van der Waals surface area contributed by atoms with E-state index in [0.717, 1.165) is 18.1 Å². The third-order valence-electron chi connectivity index (χ3n) is 3.06. The lowest BCUT2D eigenvalue weighted by Crippen LogP contribution is -2.18. The summed E-state index contributed by atoms with van der Waals surface area (Å²) < 4.78 is 5.74. The van der Waals surface area contributed by atoms with Gasteiger partial charge in [-0.25, -0.2) is 0 Å². The van der Waals surface area contributed by atoms with Gasteiger partial charge in [-0.2, -0.15) is 0 Å². The van der Waals surface area contributed by atoms with Crippen molar-refractivity contribution in [2.24, 2.45) is 11.7 Å². The third-order valence-corrected chi connectivity index (χ3v) is 3.29. The molecule has 0 saturated carbocycles. The molecular formula is C12H16ClNO. The van der Waals surface area contributed by atoms with E-state index in [4.69, 9.17) is 22.1 Å². The molecule has 0 amide bonds. The van der Waals surface area contributed by atoms with Crippen molar-refractivity contribution in [3.05, 3.63) is 34.3 Å². The molecule has 1 aromatic rings. The highest BCUT2D eigenvalue weighted by Gasteiger charge is 2.29. The Kier molecular flexibility index (Phi) is 3.29. The Morgan fingerprint density at radius 2 is 2.33 bits per heavy atom. The minimum atomic E-state index is 0.160. The lowest BCUT2D eigenvalue weighted by Gasteiger charge is -2.19. The van der Waals surface area contributed by atoms with Crippen molar-refractivity contribution in [2.45, 2.75) is 19.4 Å². The van der Waals surface area contributed by atoms with Crippen molar-refractivity contribution in [3.63, 3.8) is 0 Å². The van der Waals surface area contributed by atoms with Crippen LogP contribution in [0.3, 0.4) is 0 Å². The number of halogens is 1. The second-order valence-corrected chi connectivity index (χ2v) is 4.51. The van der Waals surface area contributed by atoms with Crippen molar-refractivity contribution in [1.29, 1.82) is 0 Å². The lowest BCUT2D eigenvalue weighted by molar-refractivity contribution is 0.0920. The Morgan fingerprint density at radius 3 is 3.00 bits per heavy atom. The summed E-state index contributed by atoms with van der Waals surface area (Å²) in [5, 5.41) is 0.776. The first-order chi connectivity index (χ1) is 7.22. The Hall–Kier alpha value is -0.570. The minimum absolute atomic E-state index is 0.160. The van der Waals surface area contributed by atoms with Gasteiger partial charge in [0.05, 0.1) is 6.10 Å². The van der Waals surface area contributed by atoms with Gasteiger partial charge >= 0.3 is 0 Å². The van der Waals surface area contributed by atoms with Gasteiger partial charge in [0.25, 0.3) is 0 Å². The van der Waals surface area contributed by atoms with E-state index in [1.165, 1.54) is 11.1 Å². The average molecular weight is 226 g/mol. The first-order valence-corrected chi connectivity index (χ1v) is 5.68. The molecule has 2 nitrogen and oxygen atoms in total. The van der Waals surface area contributed by atoms with Gasteiger partial charge in [0.2, 0.25) is 0 Å². The average Bonchev–Trinajstić information content (AvgIpc) is 2.65. The molecule has 82 valence electrons. The van der Waals surface area contributed by atoms with Gasteiger partial charge in [0, 0.05) is 17.5 Å². The molecule has 2 N–H and O–H groups in total. The molecule has 1 aliphatic heterocycles. The quantitative estimate of drug-likeness (QED) is 0.840. The molecule has 3 heteroatoms. The zero-order valence-electron chi connectivity index (χ0n) is 8.87. The molecule has 0 aromatic heterocycles. The summed E-state index contributed by atoms with van der Waals surface area (Å²) in [4.78, 5) is 0. The van der Waals surface area contributed by atoms with Crippen LogP contribution < -0.4 is 5.73 Å². The molecule has 2 atom stereocenters. The van der Waals surface area contributed by atoms with Crippen LogP contribution in [0.1, 0.15) is 23.7 Å². The fourth-order valence-corrected chi connectivity index (χ4v) is 2.40. The Labute approximate surface area is 95.4 Å². The van der Waals surface area contributed by atoms with Crippen molar-refractivity contribution >= 4 is 11.6 Å². The second kappa shape index (κ2) is 4.52. The van der Waals surface area contributed by atoms with E-state index < -0.39 is 0 Å². The summed E-state index contributed by atoms with van der Waals surface area (Å²) in [6, 6.07) is 5.95. The monoisotopic (exact) mass is 225 g/mol. The van der Waals surface area contributed by atoms with Crippen molar-refractivity contribution in [2.75, 3.05) is 13.2 Å². The van der Waals surface area contributed by atoms with E-state index in [-0.39, 0.29) is 6.10 Å². The van der Waals surface area contributed by atoms with Crippen LogP contribution in [-0.2, 0) is 4.74 Å². The molecule has 1 fully saturated rings. The van der Waals surface area contributed by atoms with Gasteiger partial charge in [0.1, 0.15) is 0 Å². The van der Waals surface area contributed by atoms with Crippen LogP contribution in [0.25, 0.3) is 0 Å². The second-order valence-electron chi connectivity index (χ2n) is 4.08. The molecule has 2 rings (SSSR count). The first kappa shape index (κ1) is 10.9. The van der Waals surface area contributed by atoms with E-state index in [9.17, 15) is 0 Å². The Bertz CT molecular complexity index is 353. The van der Waals surface area contributed by atoms with Crippen LogP contribution in [-0.4, -0.2) is 13.2 Å². The minimum Gasteiger partial charge on any atom is -0.373 e. The maximum atomic E-state index is 5.93. The van der Waals surface area contributed by atoms with Crippen LogP contribution in [0.5, 0.6) is 0 Å². The fraction of sp³-hybridized carbons (Fsp3) is 0.500. The molecule has 1 saturated heterocycles. The van der Waals surface area contributed by atoms with E-state index >= 15 is 0 Å². The third kappa shape index (κ3) is 2.17. The molecule has 0 radical (unpaired) electrons. The fourth-order valence-electron chi connectivity index (χ4n) is 2.18. The van der Waals surface area contributed by atoms with Gasteiger partial charge in [-0.1, -0.05) is 17.7 Å². The smallest absolute Gasteiger partial charge is 0.0868 e. The van der Waals surface area contributed by atoms with Gasteiger partial charge in [-0.3, -0.25) is 0 Å². The summed E-state index contributed by atoms with van der Waals surface area (Å²) in [6.07, 6.45) is 1.22. The van der Waals surface area contributed by atoms with E-state index in [0.29, 0.717) is 12.5 Å². The van der Waals surface area contributed by atoms with Gasteiger partial charge in [-0.15, -0.1) is 0 Å². The maximum absolute atomic E-state index is 5.93. The maximum Gasteiger partial charge on any atom is 0.0868 e. The number of aryl methyl sites for hydroxylation is 1. The number of benzene rings is 1. The number of hydrogen-bond donors (Lipinski definition) is 1. The zero-order valence-corrected chi connectivity index (χ0v) is 9.63. The predicted octanol–water partition coefficient (Wildman–Crippen LogP) is 2.68. The molecule has 0 bridgehead atoms. The van der Waals surface area contributed by atoms with Crippen LogP contribution >= 0.6 is 11.6 Å². The molecule has 15 heavy (non-hydrogen) atoms. The summed E-state index contributed by atoms with van der Waals surface area (Å²) in [7, 11) is 0. The highest BCUT2D eigenvalue weighted by atomic mass is 35.5. The van der Waals surface area contributed by atoms with Gasteiger partial charge < -0.3 is 10.5 Å². The molecule has 0 aliphatic carbocycles. The van der Waals surface area contributed by atoms with Gasteiger partial charge in [0.15, 0.2) is 0 Å². The highest BCUT2D eigenvalue weighted by molar-refractivity contribution is 6.30. The first-order valence-electron chi connectivity index (χ1n) is 5.30. The van der Waals surface area contributed by atoms with Crippen molar-refractivity contribution < 1.29 is 4.74 Å². The van der Waals surface area contributed by atoms with E-state index in [1.54, 1.807) is 0 Å². The van der Waals surface area contributed by atoms with E-state index in [1.807, 2.05) is 12.1 Å². The molecule has 1 aliphatic rings. The predicted molar refractivity (Wildman–Crippen MR) is 62.0 cm³/mol. The molecular weight excluding hydrogens is 210 g/mol.